The predicted molar refractivity (Wildman–Crippen MR) is 64.9 cm³/mol. The van der Waals surface area contributed by atoms with Gasteiger partial charge in [0.25, 0.3) is 0 Å². The molecule has 0 aliphatic heterocycles. The molecule has 0 bridgehead atoms. The molecule has 2 aromatic rings. The molecule has 0 fully saturated rings. The molecule has 0 aromatic carbocycles. The van der Waals surface area contributed by atoms with Gasteiger partial charge >= 0.3 is 0 Å². The number of aryl methyl sites for hydroxylation is 1. The molecule has 1 unspecified atom stereocenters. The maximum absolute atomic E-state index is 5.69. The number of nitrogens with two attached hydrogens (primary N) is 1. The highest BCUT2D eigenvalue weighted by Crippen LogP contribution is 2.14. The summed E-state index contributed by atoms with van der Waals surface area (Å²) in [6.07, 6.45) is 4.77. The number of aromatic nitrogens is 4. The summed E-state index contributed by atoms with van der Waals surface area (Å²) in [7, 11) is 2.53. The van der Waals surface area contributed by atoms with Crippen molar-refractivity contribution in [3.8, 4) is 0 Å². The molecule has 1 atom stereocenters. The third-order valence-corrected chi connectivity index (χ3v) is 2.47. The van der Waals surface area contributed by atoms with Gasteiger partial charge in [-0.25, -0.2) is 15.0 Å². The largest absolute Gasteiger partial charge is 0.382 e. The molecular weight excluding hydrogens is 225 g/mol. The molecule has 2 N–H and O–H groups in total. The monoisotopic (exact) mass is 239 g/mol. The maximum atomic E-state index is 5.69. The number of ether oxygens (including phenoxy) is 1. The molecule has 2 heterocycles. The fraction of sp³-hybridized carbons (Fsp3) is 0.444. The van der Waals surface area contributed by atoms with Gasteiger partial charge < -0.3 is 15.0 Å². The Morgan fingerprint density at radius 1 is 1.38 bits per heavy atom. The first-order valence-corrected chi connectivity index (χ1v) is 5.83. The Morgan fingerprint density at radius 2 is 2.25 bits per heavy atom. The van der Waals surface area contributed by atoms with Crippen molar-refractivity contribution in [1.29, 1.82) is 0 Å². The van der Waals surface area contributed by atoms with Crippen molar-refractivity contribution in [1.82, 2.24) is 19.5 Å². The standard InChI is InChI=1S/C9H14N5OP/c10-8-7-9(12-4-11-8)14(5-13-7)2-1-3-15-6-16/h4-5H,1-3,6,16H2,(H2,10,11,12). The predicted octanol–water partition coefficient (Wildman–Crippen LogP) is 0.648. The van der Waals surface area contributed by atoms with Crippen molar-refractivity contribution in [3.05, 3.63) is 12.7 Å². The molecule has 6 nitrogen and oxygen atoms in total. The van der Waals surface area contributed by atoms with Gasteiger partial charge in [0.05, 0.1) is 12.7 Å². The minimum Gasteiger partial charge on any atom is -0.382 e. The normalized spacial score (nSPS) is 11.1. The Labute approximate surface area is 95.4 Å². The zero-order valence-electron chi connectivity index (χ0n) is 8.83. The summed E-state index contributed by atoms with van der Waals surface area (Å²) in [5.41, 5.74) is 7.13. The van der Waals surface area contributed by atoms with Crippen LogP contribution in [0.2, 0.25) is 0 Å². The minimum absolute atomic E-state index is 0.421. The third-order valence-electron chi connectivity index (χ3n) is 2.24. The topological polar surface area (TPSA) is 78.9 Å². The molecule has 0 spiro atoms. The molecule has 86 valence electrons. The highest BCUT2D eigenvalue weighted by molar-refractivity contribution is 7.16. The van der Waals surface area contributed by atoms with E-state index in [1.54, 1.807) is 6.33 Å². The molecule has 2 rings (SSSR count). The van der Waals surface area contributed by atoms with Crippen molar-refractivity contribution in [3.63, 3.8) is 0 Å². The van der Waals surface area contributed by atoms with Crippen molar-refractivity contribution in [2.24, 2.45) is 0 Å². The molecule has 0 aliphatic rings. The summed E-state index contributed by atoms with van der Waals surface area (Å²) >= 11 is 0. The van der Waals surface area contributed by atoms with Gasteiger partial charge in [-0.3, -0.25) is 0 Å². The van der Waals surface area contributed by atoms with Crippen LogP contribution in [0, 0.1) is 0 Å². The van der Waals surface area contributed by atoms with Gasteiger partial charge in [-0.15, -0.1) is 9.24 Å². The van der Waals surface area contributed by atoms with Crippen molar-refractivity contribution in [2.45, 2.75) is 13.0 Å². The lowest BCUT2D eigenvalue weighted by Gasteiger charge is -2.03. The number of anilines is 1. The van der Waals surface area contributed by atoms with Crippen molar-refractivity contribution in [2.75, 3.05) is 18.7 Å². The van der Waals surface area contributed by atoms with Crippen LogP contribution in [-0.4, -0.2) is 32.5 Å². The maximum Gasteiger partial charge on any atom is 0.165 e. The summed E-state index contributed by atoms with van der Waals surface area (Å²) in [6, 6.07) is 0. The number of hydrogen-bond donors (Lipinski definition) is 1. The van der Waals surface area contributed by atoms with Crippen LogP contribution in [0.25, 0.3) is 11.2 Å². The molecule has 0 amide bonds. The van der Waals surface area contributed by atoms with E-state index in [0.717, 1.165) is 25.2 Å². The lowest BCUT2D eigenvalue weighted by Crippen LogP contribution is -2.02. The van der Waals surface area contributed by atoms with E-state index in [1.807, 2.05) is 4.57 Å². The van der Waals surface area contributed by atoms with E-state index < -0.39 is 0 Å². The SMILES string of the molecule is Nc1ncnc2c1ncn2CCCOCP. The highest BCUT2D eigenvalue weighted by Gasteiger charge is 2.06. The summed E-state index contributed by atoms with van der Waals surface area (Å²) in [6.45, 7) is 1.54. The second-order valence-electron chi connectivity index (χ2n) is 3.30. The Bertz CT molecular complexity index is 472. The smallest absolute Gasteiger partial charge is 0.165 e. The zero-order chi connectivity index (χ0) is 11.4. The zero-order valence-corrected chi connectivity index (χ0v) is 9.99. The number of nitrogens with zero attached hydrogens (tertiary/aromatic N) is 4. The molecule has 0 aliphatic carbocycles. The van der Waals surface area contributed by atoms with Crippen LogP contribution in [-0.2, 0) is 11.3 Å². The van der Waals surface area contributed by atoms with Crippen LogP contribution in [0.5, 0.6) is 0 Å². The van der Waals surface area contributed by atoms with E-state index in [0.29, 0.717) is 17.7 Å². The first-order chi connectivity index (χ1) is 7.83. The van der Waals surface area contributed by atoms with E-state index in [1.165, 1.54) is 6.33 Å². The molecule has 2 aromatic heterocycles. The Morgan fingerprint density at radius 3 is 3.06 bits per heavy atom. The quantitative estimate of drug-likeness (QED) is 0.612. The second kappa shape index (κ2) is 5.18. The van der Waals surface area contributed by atoms with Gasteiger partial charge in [-0.05, 0) is 6.42 Å². The number of nitrogen functional groups attached to an aromatic ring is 1. The molecule has 7 heteroatoms. The molecule has 0 radical (unpaired) electrons. The number of fused-ring (bicyclic) bond motifs is 1. The van der Waals surface area contributed by atoms with Gasteiger partial charge in [-0.1, -0.05) is 0 Å². The molecular formula is C9H14N5OP. The third kappa shape index (κ3) is 2.28. The van der Waals surface area contributed by atoms with Crippen molar-refractivity contribution >= 4 is 26.2 Å². The van der Waals surface area contributed by atoms with Gasteiger partial charge in [0.15, 0.2) is 11.5 Å². The Hall–Kier alpha value is -1.26. The Kier molecular flexibility index (Phi) is 3.64. The Balaban J connectivity index is 2.10. The van der Waals surface area contributed by atoms with Crippen LogP contribution >= 0.6 is 9.24 Å². The minimum atomic E-state index is 0.421. The van der Waals surface area contributed by atoms with Crippen LogP contribution < -0.4 is 5.73 Å². The van der Waals surface area contributed by atoms with E-state index in [2.05, 4.69) is 24.2 Å². The summed E-state index contributed by atoms with van der Waals surface area (Å²) in [4.78, 5) is 12.2. The van der Waals surface area contributed by atoms with Crippen LogP contribution in [0.3, 0.4) is 0 Å². The van der Waals surface area contributed by atoms with Gasteiger partial charge in [0.2, 0.25) is 0 Å². The lowest BCUT2D eigenvalue weighted by atomic mass is 10.4. The highest BCUT2D eigenvalue weighted by atomic mass is 31.0. The van der Waals surface area contributed by atoms with E-state index in [9.17, 15) is 0 Å². The summed E-state index contributed by atoms with van der Waals surface area (Å²) in [5, 5.41) is 0. The van der Waals surface area contributed by atoms with Gasteiger partial charge in [-0.2, -0.15) is 0 Å². The lowest BCUT2D eigenvalue weighted by molar-refractivity contribution is 0.175. The van der Waals surface area contributed by atoms with Gasteiger partial charge in [0, 0.05) is 13.2 Å². The summed E-state index contributed by atoms with van der Waals surface area (Å²) in [5.74, 6) is 0.421. The molecule has 0 saturated heterocycles. The second-order valence-corrected chi connectivity index (χ2v) is 3.63. The van der Waals surface area contributed by atoms with Gasteiger partial charge in [0.1, 0.15) is 11.8 Å². The van der Waals surface area contributed by atoms with Crippen LogP contribution in [0.4, 0.5) is 5.82 Å². The summed E-state index contributed by atoms with van der Waals surface area (Å²) < 4.78 is 7.20. The average Bonchev–Trinajstić information content (AvgIpc) is 2.70. The fourth-order valence-corrected chi connectivity index (χ4v) is 1.65. The van der Waals surface area contributed by atoms with E-state index in [4.69, 9.17) is 10.5 Å². The molecule has 0 saturated carbocycles. The number of rotatable bonds is 5. The van der Waals surface area contributed by atoms with Crippen LogP contribution in [0.1, 0.15) is 6.42 Å². The van der Waals surface area contributed by atoms with E-state index in [-0.39, 0.29) is 0 Å². The fourth-order valence-electron chi connectivity index (χ4n) is 1.48. The average molecular weight is 239 g/mol. The number of imidazole rings is 1. The van der Waals surface area contributed by atoms with Crippen LogP contribution in [0.15, 0.2) is 12.7 Å². The number of hydrogen-bond acceptors (Lipinski definition) is 5. The first kappa shape index (κ1) is 11.2. The van der Waals surface area contributed by atoms with E-state index >= 15 is 0 Å². The first-order valence-electron chi connectivity index (χ1n) is 5.02. The van der Waals surface area contributed by atoms with Crippen molar-refractivity contribution < 1.29 is 4.74 Å². The molecule has 16 heavy (non-hydrogen) atoms.